The number of piperidine rings is 1. The molecule has 0 spiro atoms. The van der Waals surface area contributed by atoms with Crippen molar-refractivity contribution in [3.05, 3.63) is 50.8 Å². The Bertz CT molecular complexity index is 791. The molecule has 1 N–H and O–H groups in total. The number of nitrogens with one attached hydrogen (secondary N) is 1. The third-order valence-corrected chi connectivity index (χ3v) is 4.48. The topological polar surface area (TPSA) is 79.2 Å². The smallest absolute Gasteiger partial charge is 0.261 e. The van der Waals surface area contributed by atoms with Gasteiger partial charge < -0.3 is 14.4 Å². The van der Waals surface area contributed by atoms with Gasteiger partial charge in [-0.1, -0.05) is 5.16 Å². The van der Waals surface area contributed by atoms with E-state index in [2.05, 4.69) is 10.1 Å². The highest BCUT2D eigenvalue weighted by molar-refractivity contribution is 5.94. The molecule has 0 aromatic carbocycles. The largest absolute Gasteiger partial charge is 0.361 e. The van der Waals surface area contributed by atoms with Crippen LogP contribution in [0.3, 0.4) is 0 Å². The molecule has 1 fully saturated rings. The van der Waals surface area contributed by atoms with Crippen LogP contribution >= 0.6 is 0 Å². The number of aryl methyl sites for hydroxylation is 3. The lowest BCUT2D eigenvalue weighted by Gasteiger charge is -2.34. The van der Waals surface area contributed by atoms with Crippen molar-refractivity contribution in [1.29, 1.82) is 0 Å². The Morgan fingerprint density at radius 3 is 2.78 bits per heavy atom. The Kier molecular flexibility index (Phi) is 4.07. The van der Waals surface area contributed by atoms with Crippen LogP contribution in [0.1, 0.15) is 58.4 Å². The molecular weight excluding hydrogens is 294 g/mol. The van der Waals surface area contributed by atoms with Gasteiger partial charge in [0.25, 0.3) is 11.5 Å². The fraction of sp³-hybridized carbons (Fsp3) is 0.471. The average Bonchev–Trinajstić information content (AvgIpc) is 2.96. The van der Waals surface area contributed by atoms with Gasteiger partial charge in [0, 0.05) is 18.3 Å². The molecule has 6 heteroatoms. The van der Waals surface area contributed by atoms with Crippen molar-refractivity contribution >= 4 is 5.91 Å². The molecule has 0 aliphatic carbocycles. The van der Waals surface area contributed by atoms with Crippen molar-refractivity contribution in [1.82, 2.24) is 15.0 Å². The summed E-state index contributed by atoms with van der Waals surface area (Å²) >= 11 is 0. The fourth-order valence-corrected chi connectivity index (χ4v) is 3.06. The normalized spacial score (nSPS) is 18.2. The summed E-state index contributed by atoms with van der Waals surface area (Å²) in [6, 6.07) is 3.41. The summed E-state index contributed by atoms with van der Waals surface area (Å²) in [7, 11) is 0. The summed E-state index contributed by atoms with van der Waals surface area (Å²) in [6.45, 7) is 6.17. The molecule has 1 aliphatic heterocycles. The quantitative estimate of drug-likeness (QED) is 0.924. The third kappa shape index (κ3) is 2.93. The summed E-state index contributed by atoms with van der Waals surface area (Å²) in [4.78, 5) is 29.6. The molecule has 0 radical (unpaired) electrons. The number of hydrogen-bond donors (Lipinski definition) is 1. The van der Waals surface area contributed by atoms with Gasteiger partial charge in [-0.2, -0.15) is 0 Å². The molecule has 0 bridgehead atoms. The highest BCUT2D eigenvalue weighted by atomic mass is 16.5. The predicted octanol–water partition coefficient (Wildman–Crippen LogP) is 2.66. The lowest BCUT2D eigenvalue weighted by atomic mass is 9.98. The lowest BCUT2D eigenvalue weighted by molar-refractivity contribution is 0.0600. The number of carbonyl (C=O) groups excluding carboxylic acids is 1. The minimum absolute atomic E-state index is 0.130. The van der Waals surface area contributed by atoms with E-state index < -0.39 is 0 Å². The molecule has 1 amide bonds. The number of likely N-dealkylation sites (tertiary alicyclic amines) is 1. The van der Waals surface area contributed by atoms with E-state index in [1.54, 1.807) is 11.0 Å². The molecule has 1 aliphatic rings. The van der Waals surface area contributed by atoms with E-state index >= 15 is 0 Å². The van der Waals surface area contributed by atoms with Gasteiger partial charge >= 0.3 is 0 Å². The van der Waals surface area contributed by atoms with E-state index in [9.17, 15) is 9.59 Å². The van der Waals surface area contributed by atoms with E-state index in [1.165, 1.54) is 0 Å². The Hall–Kier alpha value is -2.37. The van der Waals surface area contributed by atoms with Gasteiger partial charge in [-0.3, -0.25) is 9.59 Å². The summed E-state index contributed by atoms with van der Waals surface area (Å²) in [6.07, 6.45) is 2.80. The number of aromatic nitrogens is 2. The molecule has 122 valence electrons. The molecule has 6 nitrogen and oxygen atoms in total. The van der Waals surface area contributed by atoms with Gasteiger partial charge in [-0.05, 0) is 51.7 Å². The zero-order valence-corrected chi connectivity index (χ0v) is 13.7. The van der Waals surface area contributed by atoms with Crippen LogP contribution in [-0.2, 0) is 0 Å². The maximum atomic E-state index is 12.9. The first kappa shape index (κ1) is 15.5. The second kappa shape index (κ2) is 6.02. The molecule has 0 saturated carbocycles. The van der Waals surface area contributed by atoms with E-state index in [0.29, 0.717) is 6.54 Å². The van der Waals surface area contributed by atoms with Crippen LogP contribution in [0.25, 0.3) is 0 Å². The van der Waals surface area contributed by atoms with E-state index in [4.69, 9.17) is 4.52 Å². The van der Waals surface area contributed by atoms with Crippen LogP contribution < -0.4 is 5.56 Å². The van der Waals surface area contributed by atoms with Crippen molar-refractivity contribution < 1.29 is 9.32 Å². The third-order valence-electron chi connectivity index (χ3n) is 4.48. The maximum absolute atomic E-state index is 12.9. The molecule has 0 unspecified atom stereocenters. The fourth-order valence-electron chi connectivity index (χ4n) is 3.06. The first-order valence-corrected chi connectivity index (χ1v) is 7.92. The molecule has 2 aromatic heterocycles. The van der Waals surface area contributed by atoms with Crippen LogP contribution in [0.2, 0.25) is 0 Å². The van der Waals surface area contributed by atoms with E-state index in [0.717, 1.165) is 42.0 Å². The van der Waals surface area contributed by atoms with Crippen molar-refractivity contribution in [2.24, 2.45) is 0 Å². The van der Waals surface area contributed by atoms with Crippen LogP contribution in [0.4, 0.5) is 0 Å². The predicted molar refractivity (Wildman–Crippen MR) is 85.4 cm³/mol. The number of aromatic amines is 1. The standard InChI is InChI=1S/C17H21N3O3/c1-10-8-13(16(21)18-12(10)3)17(22)20-7-5-4-6-15(20)14-9-11(2)23-19-14/h8-9,15H,4-7H2,1-3H3,(H,18,21)/t15-/m1/s1. The summed E-state index contributed by atoms with van der Waals surface area (Å²) in [5.41, 5.74) is 2.31. The second-order valence-electron chi connectivity index (χ2n) is 6.19. The Morgan fingerprint density at radius 2 is 2.09 bits per heavy atom. The molecule has 23 heavy (non-hydrogen) atoms. The Morgan fingerprint density at radius 1 is 1.30 bits per heavy atom. The average molecular weight is 315 g/mol. The summed E-state index contributed by atoms with van der Waals surface area (Å²) in [5, 5.41) is 4.07. The number of pyridine rings is 1. The van der Waals surface area contributed by atoms with Crippen molar-refractivity contribution in [3.63, 3.8) is 0 Å². The van der Waals surface area contributed by atoms with Crippen molar-refractivity contribution in [2.75, 3.05) is 6.54 Å². The highest BCUT2D eigenvalue weighted by Crippen LogP contribution is 2.31. The Labute approximate surface area is 134 Å². The number of amides is 1. The van der Waals surface area contributed by atoms with Gasteiger partial charge in [0.05, 0.1) is 6.04 Å². The molecule has 2 aromatic rings. The van der Waals surface area contributed by atoms with Gasteiger partial charge in [-0.15, -0.1) is 0 Å². The van der Waals surface area contributed by atoms with Crippen molar-refractivity contribution in [2.45, 2.75) is 46.1 Å². The maximum Gasteiger partial charge on any atom is 0.261 e. The van der Waals surface area contributed by atoms with Crippen LogP contribution in [0, 0.1) is 20.8 Å². The summed E-state index contributed by atoms with van der Waals surface area (Å²) < 4.78 is 5.15. The zero-order chi connectivity index (χ0) is 16.6. The SMILES string of the molecule is Cc1cc([C@H]2CCCCN2C(=O)c2cc(C)c(C)[nH]c2=O)no1. The van der Waals surface area contributed by atoms with E-state index in [-0.39, 0.29) is 23.1 Å². The highest BCUT2D eigenvalue weighted by Gasteiger charge is 2.32. The van der Waals surface area contributed by atoms with Gasteiger partial charge in [0.15, 0.2) is 0 Å². The monoisotopic (exact) mass is 315 g/mol. The first-order chi connectivity index (χ1) is 11.0. The minimum atomic E-state index is -0.334. The molecular formula is C17H21N3O3. The Balaban J connectivity index is 1.96. The first-order valence-electron chi connectivity index (χ1n) is 7.92. The number of hydrogen-bond acceptors (Lipinski definition) is 4. The van der Waals surface area contributed by atoms with E-state index in [1.807, 2.05) is 26.8 Å². The molecule has 1 atom stereocenters. The van der Waals surface area contributed by atoms with Gasteiger partial charge in [0.1, 0.15) is 17.0 Å². The molecule has 1 saturated heterocycles. The number of H-pyrrole nitrogens is 1. The van der Waals surface area contributed by atoms with Gasteiger partial charge in [0.2, 0.25) is 0 Å². The van der Waals surface area contributed by atoms with Gasteiger partial charge in [-0.25, -0.2) is 0 Å². The molecule has 3 rings (SSSR count). The number of carbonyl (C=O) groups is 1. The van der Waals surface area contributed by atoms with Crippen molar-refractivity contribution in [3.8, 4) is 0 Å². The second-order valence-corrected chi connectivity index (χ2v) is 6.19. The number of rotatable bonds is 2. The zero-order valence-electron chi connectivity index (χ0n) is 13.7. The number of nitrogens with zero attached hydrogens (tertiary/aromatic N) is 2. The van der Waals surface area contributed by atoms with Crippen LogP contribution in [0.15, 0.2) is 21.5 Å². The summed E-state index contributed by atoms with van der Waals surface area (Å²) in [5.74, 6) is 0.488. The van der Waals surface area contributed by atoms with Crippen LogP contribution in [0.5, 0.6) is 0 Å². The lowest BCUT2D eigenvalue weighted by Crippen LogP contribution is -2.41. The van der Waals surface area contributed by atoms with Crippen LogP contribution in [-0.4, -0.2) is 27.5 Å². The molecule has 3 heterocycles. The minimum Gasteiger partial charge on any atom is -0.361 e.